The largest absolute Gasteiger partial charge is 0.503 e. The first-order chi connectivity index (χ1) is 25.9. The van der Waals surface area contributed by atoms with E-state index in [0.717, 1.165) is 42.7 Å². The molecule has 2 aliphatic heterocycles. The smallest absolute Gasteiger partial charge is 0.260 e. The fourth-order valence-electron chi connectivity index (χ4n) is 9.89. The number of nitrogens with one attached hydrogen (secondary N) is 1. The van der Waals surface area contributed by atoms with Crippen molar-refractivity contribution < 1.29 is 33.8 Å². The Kier molecular flexibility index (Phi) is 9.80. The van der Waals surface area contributed by atoms with Crippen LogP contribution in [0.15, 0.2) is 69.1 Å². The fourth-order valence-corrected chi connectivity index (χ4v) is 11.3. The molecule has 8 rings (SSSR count). The number of nitrogens with zero attached hydrogens (tertiary/aromatic N) is 2. The van der Waals surface area contributed by atoms with Crippen molar-refractivity contribution in [1.29, 1.82) is 0 Å². The summed E-state index contributed by atoms with van der Waals surface area (Å²) in [6.45, 7) is 0. The second kappa shape index (κ2) is 14.2. The van der Waals surface area contributed by atoms with Crippen LogP contribution in [0.2, 0.25) is 10.0 Å². The number of likely N-dealkylation sites (tertiary alicyclic amines) is 1. The van der Waals surface area contributed by atoms with E-state index in [1.165, 1.54) is 18.1 Å². The van der Waals surface area contributed by atoms with Crippen LogP contribution >= 0.6 is 55.1 Å². The van der Waals surface area contributed by atoms with Gasteiger partial charge >= 0.3 is 0 Å². The maximum absolute atomic E-state index is 15.6. The third-order valence-corrected chi connectivity index (χ3v) is 15.0. The summed E-state index contributed by atoms with van der Waals surface area (Å²) >= 11 is 20.0. The number of carbonyl (C=O) groups is 4. The summed E-state index contributed by atoms with van der Waals surface area (Å²) in [5, 5.41) is 12.7. The van der Waals surface area contributed by atoms with E-state index < -0.39 is 46.8 Å². The predicted molar refractivity (Wildman–Crippen MR) is 209 cm³/mol. The lowest BCUT2D eigenvalue weighted by Gasteiger charge is -2.51. The first-order valence-corrected chi connectivity index (χ1v) is 20.3. The molecular weight excluding hydrogens is 865 g/mol. The van der Waals surface area contributed by atoms with Crippen molar-refractivity contribution in [2.75, 3.05) is 19.6 Å². The van der Waals surface area contributed by atoms with Crippen molar-refractivity contribution in [1.82, 2.24) is 9.91 Å². The van der Waals surface area contributed by atoms with E-state index in [0.29, 0.717) is 43.0 Å². The Bertz CT molecular complexity index is 2120. The highest BCUT2D eigenvalue weighted by molar-refractivity contribution is 9.13. The number of imide groups is 2. The minimum absolute atomic E-state index is 0.137. The maximum Gasteiger partial charge on any atom is 0.260 e. The van der Waals surface area contributed by atoms with Crippen LogP contribution in [0.5, 0.6) is 17.2 Å². The van der Waals surface area contributed by atoms with E-state index in [1.807, 2.05) is 6.08 Å². The van der Waals surface area contributed by atoms with Crippen LogP contribution in [0.1, 0.15) is 62.0 Å². The molecule has 2 saturated carbocycles. The average Bonchev–Trinajstić information content (AvgIpc) is 3.56. The standard InChI is InChI=1S/C40H37Br2Cl2N3O7/c1-53-22-11-8-19(9-12-22)40-27(37(50)47(39(40)52)45-29-15-10-20(43)16-28(29)44)17-25-23(32(40)26-18-30(54-2)35(48)34(42)33(26)41)13-14-24-31(25)38(51)46(36(24)49)21-6-4-3-5-7-21/h8-13,15-16,18,21,24-25,27,31-32,45,48H,3-7,14,17H2,1-2H3. The molecule has 282 valence electrons. The molecular formula is C40H37Br2Cl2N3O7. The Balaban J connectivity index is 1.36. The van der Waals surface area contributed by atoms with Crippen LogP contribution in [-0.2, 0) is 24.6 Å². The molecule has 10 nitrogen and oxygen atoms in total. The van der Waals surface area contributed by atoms with Crippen molar-refractivity contribution >= 4 is 84.4 Å². The number of allylic oxidation sites excluding steroid dienone is 2. The lowest BCUT2D eigenvalue weighted by Crippen LogP contribution is -2.53. The molecule has 2 N–H and O–H groups in total. The molecule has 0 spiro atoms. The number of methoxy groups -OCH3 is 2. The molecule has 5 aliphatic rings. The SMILES string of the molecule is COc1ccc(C23C(=O)N(Nc4ccc(Cl)cc4Cl)C(=O)C2CC2C(=CCC4C(=O)N(C5CCCCC5)C(=O)C42)C3c2cc(OC)c(O)c(Br)c2Br)cc1. The molecule has 3 aliphatic carbocycles. The summed E-state index contributed by atoms with van der Waals surface area (Å²) in [6, 6.07) is 13.3. The molecule has 0 aromatic heterocycles. The van der Waals surface area contributed by atoms with Crippen molar-refractivity contribution in [2.24, 2.45) is 23.7 Å². The monoisotopic (exact) mass is 899 g/mol. The molecule has 4 amide bonds. The number of ether oxygens (including phenoxy) is 2. The lowest BCUT2D eigenvalue weighted by molar-refractivity contribution is -0.144. The molecule has 0 radical (unpaired) electrons. The summed E-state index contributed by atoms with van der Waals surface area (Å²) in [5.41, 5.74) is 3.63. The zero-order valence-corrected chi connectivity index (χ0v) is 34.1. The summed E-state index contributed by atoms with van der Waals surface area (Å²) in [7, 11) is 2.98. The zero-order chi connectivity index (χ0) is 38.2. The quantitative estimate of drug-likeness (QED) is 0.179. The van der Waals surface area contributed by atoms with Gasteiger partial charge in [0.25, 0.3) is 11.8 Å². The highest BCUT2D eigenvalue weighted by Gasteiger charge is 2.71. The molecule has 3 aromatic rings. The minimum atomic E-state index is -1.58. The van der Waals surface area contributed by atoms with E-state index in [-0.39, 0.29) is 40.8 Å². The number of amides is 4. The van der Waals surface area contributed by atoms with Gasteiger partial charge in [-0.25, -0.2) is 0 Å². The van der Waals surface area contributed by atoms with E-state index in [4.69, 9.17) is 32.7 Å². The Morgan fingerprint density at radius 3 is 2.26 bits per heavy atom. The van der Waals surface area contributed by atoms with Gasteiger partial charge in [-0.3, -0.25) is 29.5 Å². The van der Waals surface area contributed by atoms with Gasteiger partial charge in [0.15, 0.2) is 11.5 Å². The first-order valence-electron chi connectivity index (χ1n) is 18.0. The van der Waals surface area contributed by atoms with Crippen LogP contribution in [0.25, 0.3) is 0 Å². The molecule has 2 heterocycles. The molecule has 6 unspecified atom stereocenters. The first kappa shape index (κ1) is 37.3. The molecule has 4 fully saturated rings. The van der Waals surface area contributed by atoms with Crippen LogP contribution in [0.4, 0.5) is 5.69 Å². The topological polar surface area (TPSA) is 125 Å². The highest BCUT2D eigenvalue weighted by atomic mass is 79.9. The molecule has 54 heavy (non-hydrogen) atoms. The van der Waals surface area contributed by atoms with Gasteiger partial charge in [-0.2, -0.15) is 5.01 Å². The number of anilines is 1. The van der Waals surface area contributed by atoms with Gasteiger partial charge in [0, 0.05) is 21.5 Å². The number of aromatic hydroxyl groups is 1. The van der Waals surface area contributed by atoms with Gasteiger partial charge < -0.3 is 14.6 Å². The zero-order valence-electron chi connectivity index (χ0n) is 29.4. The summed E-state index contributed by atoms with van der Waals surface area (Å²) < 4.78 is 11.9. The number of phenolic OH excluding ortho intramolecular Hbond substituents is 1. The molecule has 3 aromatic carbocycles. The van der Waals surface area contributed by atoms with Crippen LogP contribution in [-0.4, -0.2) is 58.9 Å². The molecule has 0 bridgehead atoms. The second-order valence-corrected chi connectivity index (χ2v) is 17.1. The third-order valence-electron chi connectivity index (χ3n) is 12.3. The number of carbonyl (C=O) groups excluding carboxylic acids is 4. The van der Waals surface area contributed by atoms with Gasteiger partial charge in [-0.15, -0.1) is 0 Å². The Morgan fingerprint density at radius 1 is 0.870 bits per heavy atom. The van der Waals surface area contributed by atoms with Gasteiger partial charge in [0.2, 0.25) is 11.8 Å². The number of rotatable bonds is 7. The molecule has 2 saturated heterocycles. The fraction of sp³-hybridized carbons (Fsp3) is 0.400. The van der Waals surface area contributed by atoms with Crippen molar-refractivity contribution in [2.45, 2.75) is 62.3 Å². The van der Waals surface area contributed by atoms with Crippen molar-refractivity contribution in [3.63, 3.8) is 0 Å². The van der Waals surface area contributed by atoms with Gasteiger partial charge in [-0.05, 0) is 111 Å². The summed E-state index contributed by atoms with van der Waals surface area (Å²) in [4.78, 5) is 60.9. The number of phenols is 1. The normalized spacial score (nSPS) is 28.1. The van der Waals surface area contributed by atoms with Crippen molar-refractivity contribution in [3.05, 3.63) is 90.3 Å². The van der Waals surface area contributed by atoms with Gasteiger partial charge in [0.05, 0.1) is 52.6 Å². The number of halogens is 4. The van der Waals surface area contributed by atoms with Crippen LogP contribution in [0.3, 0.4) is 0 Å². The maximum atomic E-state index is 15.6. The van der Waals surface area contributed by atoms with Gasteiger partial charge in [0.1, 0.15) is 5.75 Å². The third kappa shape index (κ3) is 5.52. The van der Waals surface area contributed by atoms with Crippen molar-refractivity contribution in [3.8, 4) is 17.2 Å². The van der Waals surface area contributed by atoms with Crippen LogP contribution < -0.4 is 14.9 Å². The van der Waals surface area contributed by atoms with Crippen LogP contribution in [0, 0.1) is 23.7 Å². The van der Waals surface area contributed by atoms with E-state index in [2.05, 4.69) is 37.3 Å². The van der Waals surface area contributed by atoms with E-state index in [1.54, 1.807) is 49.6 Å². The number of benzene rings is 3. The second-order valence-electron chi connectivity index (χ2n) is 14.7. The molecule has 14 heteroatoms. The van der Waals surface area contributed by atoms with E-state index >= 15 is 9.59 Å². The number of hydrogen-bond acceptors (Lipinski definition) is 8. The predicted octanol–water partition coefficient (Wildman–Crippen LogP) is 8.56. The number of hydrogen-bond donors (Lipinski definition) is 2. The minimum Gasteiger partial charge on any atom is -0.503 e. The number of hydrazine groups is 1. The average molecular weight is 902 g/mol. The summed E-state index contributed by atoms with van der Waals surface area (Å²) in [5.74, 6) is -4.52. The number of fused-ring (bicyclic) bond motifs is 4. The Labute approximate surface area is 339 Å². The van der Waals surface area contributed by atoms with Gasteiger partial charge in [-0.1, -0.05) is 66.2 Å². The summed E-state index contributed by atoms with van der Waals surface area (Å²) in [6.07, 6.45) is 7.01. The Hall–Kier alpha value is -3.58. The Morgan fingerprint density at radius 2 is 1.59 bits per heavy atom. The highest BCUT2D eigenvalue weighted by Crippen LogP contribution is 2.66. The van der Waals surface area contributed by atoms with E-state index in [9.17, 15) is 14.7 Å². The molecule has 6 atom stereocenters. The lowest BCUT2D eigenvalue weighted by atomic mass is 9.49.